The third kappa shape index (κ3) is 2.28. The number of para-hydroxylation sites is 1. The van der Waals surface area contributed by atoms with E-state index < -0.39 is 5.97 Å². The zero-order valence-electron chi connectivity index (χ0n) is 10.4. The standard InChI is InChI=1S/C14H19NO2/c1-10(2)15(11-6-5-7-11)13-9-4-3-8-12(13)14(16)17/h3-4,8-11H,5-7H2,1-2H3,(H,16,17). The first kappa shape index (κ1) is 12.0. The molecule has 3 nitrogen and oxygen atoms in total. The number of anilines is 1. The van der Waals surface area contributed by atoms with E-state index in [-0.39, 0.29) is 0 Å². The SMILES string of the molecule is CC(C)N(c1ccccc1C(=O)O)C1CCC1. The second-order valence-corrected chi connectivity index (χ2v) is 4.91. The molecular weight excluding hydrogens is 214 g/mol. The highest BCUT2D eigenvalue weighted by Crippen LogP contribution is 2.33. The van der Waals surface area contributed by atoms with Crippen LogP contribution in [0.15, 0.2) is 24.3 Å². The van der Waals surface area contributed by atoms with Gasteiger partial charge in [0.2, 0.25) is 0 Å². The molecule has 0 amide bonds. The quantitative estimate of drug-likeness (QED) is 0.868. The molecule has 1 aliphatic rings. The number of carboxylic acid groups (broad SMARTS) is 1. The number of hydrogen-bond acceptors (Lipinski definition) is 2. The van der Waals surface area contributed by atoms with Gasteiger partial charge >= 0.3 is 5.97 Å². The Bertz CT molecular complexity index is 410. The molecule has 0 aliphatic heterocycles. The maximum absolute atomic E-state index is 11.3. The Labute approximate surface area is 102 Å². The lowest BCUT2D eigenvalue weighted by Gasteiger charge is -2.42. The maximum atomic E-state index is 11.3. The molecule has 3 heteroatoms. The smallest absolute Gasteiger partial charge is 0.337 e. The van der Waals surface area contributed by atoms with Gasteiger partial charge in [0.25, 0.3) is 0 Å². The molecule has 1 aliphatic carbocycles. The van der Waals surface area contributed by atoms with Crippen LogP contribution in [0.5, 0.6) is 0 Å². The summed E-state index contributed by atoms with van der Waals surface area (Å²) in [5, 5.41) is 9.24. The van der Waals surface area contributed by atoms with Crippen molar-refractivity contribution in [1.29, 1.82) is 0 Å². The van der Waals surface area contributed by atoms with Crippen molar-refractivity contribution < 1.29 is 9.90 Å². The van der Waals surface area contributed by atoms with Crippen molar-refractivity contribution in [3.63, 3.8) is 0 Å². The summed E-state index contributed by atoms with van der Waals surface area (Å²) in [6.07, 6.45) is 3.60. The van der Waals surface area contributed by atoms with Crippen LogP contribution in [0, 0.1) is 0 Å². The first-order chi connectivity index (χ1) is 8.11. The van der Waals surface area contributed by atoms with Crippen molar-refractivity contribution in [2.75, 3.05) is 4.90 Å². The van der Waals surface area contributed by atoms with Crippen molar-refractivity contribution in [2.24, 2.45) is 0 Å². The van der Waals surface area contributed by atoms with Crippen molar-refractivity contribution in [2.45, 2.75) is 45.2 Å². The minimum Gasteiger partial charge on any atom is -0.478 e. The van der Waals surface area contributed by atoms with Crippen LogP contribution in [0.1, 0.15) is 43.5 Å². The van der Waals surface area contributed by atoms with Gasteiger partial charge in [0, 0.05) is 12.1 Å². The zero-order chi connectivity index (χ0) is 12.4. The van der Waals surface area contributed by atoms with Gasteiger partial charge in [-0.3, -0.25) is 0 Å². The number of aromatic carboxylic acids is 1. The van der Waals surface area contributed by atoms with Crippen LogP contribution in [-0.4, -0.2) is 23.2 Å². The minimum atomic E-state index is -0.842. The molecule has 17 heavy (non-hydrogen) atoms. The number of carboxylic acids is 1. The summed E-state index contributed by atoms with van der Waals surface area (Å²) >= 11 is 0. The first-order valence-electron chi connectivity index (χ1n) is 6.22. The van der Waals surface area contributed by atoms with Crippen LogP contribution in [-0.2, 0) is 0 Å². The molecule has 0 aromatic heterocycles. The van der Waals surface area contributed by atoms with E-state index >= 15 is 0 Å². The van der Waals surface area contributed by atoms with Crippen molar-refractivity contribution in [1.82, 2.24) is 0 Å². The van der Waals surface area contributed by atoms with E-state index in [1.807, 2.05) is 12.1 Å². The van der Waals surface area contributed by atoms with Gasteiger partial charge in [-0.25, -0.2) is 4.79 Å². The monoisotopic (exact) mass is 233 g/mol. The summed E-state index contributed by atoms with van der Waals surface area (Å²) in [6.45, 7) is 4.24. The Morgan fingerprint density at radius 2 is 2.00 bits per heavy atom. The Balaban J connectivity index is 2.38. The maximum Gasteiger partial charge on any atom is 0.337 e. The first-order valence-corrected chi connectivity index (χ1v) is 6.22. The van der Waals surface area contributed by atoms with Crippen LogP contribution in [0.3, 0.4) is 0 Å². The van der Waals surface area contributed by atoms with E-state index in [0.717, 1.165) is 5.69 Å². The van der Waals surface area contributed by atoms with Gasteiger partial charge in [0.1, 0.15) is 0 Å². The van der Waals surface area contributed by atoms with Crippen molar-refractivity contribution >= 4 is 11.7 Å². The van der Waals surface area contributed by atoms with Crippen LogP contribution in [0.4, 0.5) is 5.69 Å². The fourth-order valence-corrected chi connectivity index (χ4v) is 2.44. The summed E-state index contributed by atoms with van der Waals surface area (Å²) in [5.74, 6) is -0.842. The molecule has 0 bridgehead atoms. The van der Waals surface area contributed by atoms with Crippen LogP contribution in [0.25, 0.3) is 0 Å². The molecule has 1 N–H and O–H groups in total. The summed E-state index contributed by atoms with van der Waals surface area (Å²) < 4.78 is 0. The fourth-order valence-electron chi connectivity index (χ4n) is 2.44. The van der Waals surface area contributed by atoms with Gasteiger partial charge in [-0.05, 0) is 45.2 Å². The molecule has 0 unspecified atom stereocenters. The van der Waals surface area contributed by atoms with Crippen LogP contribution >= 0.6 is 0 Å². The van der Waals surface area contributed by atoms with Crippen LogP contribution in [0.2, 0.25) is 0 Å². The lowest BCUT2D eigenvalue weighted by molar-refractivity contribution is 0.0697. The lowest BCUT2D eigenvalue weighted by Crippen LogP contribution is -2.45. The second kappa shape index (κ2) is 4.78. The Morgan fingerprint density at radius 3 is 2.47 bits per heavy atom. The van der Waals surface area contributed by atoms with Gasteiger partial charge in [0.15, 0.2) is 0 Å². The third-order valence-electron chi connectivity index (χ3n) is 3.44. The van der Waals surface area contributed by atoms with E-state index in [9.17, 15) is 9.90 Å². The van der Waals surface area contributed by atoms with Crippen molar-refractivity contribution in [3.05, 3.63) is 29.8 Å². The number of nitrogens with zero attached hydrogens (tertiary/aromatic N) is 1. The average molecular weight is 233 g/mol. The highest BCUT2D eigenvalue weighted by atomic mass is 16.4. The Hall–Kier alpha value is -1.51. The van der Waals surface area contributed by atoms with E-state index in [1.165, 1.54) is 19.3 Å². The molecule has 1 saturated carbocycles. The number of hydrogen-bond donors (Lipinski definition) is 1. The molecular formula is C14H19NO2. The third-order valence-corrected chi connectivity index (χ3v) is 3.44. The van der Waals surface area contributed by atoms with Gasteiger partial charge in [-0.1, -0.05) is 12.1 Å². The van der Waals surface area contributed by atoms with Gasteiger partial charge in [-0.15, -0.1) is 0 Å². The van der Waals surface area contributed by atoms with E-state index in [0.29, 0.717) is 17.6 Å². The number of carbonyl (C=O) groups is 1. The summed E-state index contributed by atoms with van der Waals surface area (Å²) in [4.78, 5) is 13.5. The highest BCUT2D eigenvalue weighted by molar-refractivity contribution is 5.94. The van der Waals surface area contributed by atoms with Crippen LogP contribution < -0.4 is 4.90 Å². The second-order valence-electron chi connectivity index (χ2n) is 4.91. The number of rotatable bonds is 4. The Morgan fingerprint density at radius 1 is 1.35 bits per heavy atom. The predicted octanol–water partition coefficient (Wildman–Crippen LogP) is 3.15. The molecule has 0 saturated heterocycles. The molecule has 0 heterocycles. The predicted molar refractivity (Wildman–Crippen MR) is 68.7 cm³/mol. The molecule has 92 valence electrons. The van der Waals surface area contributed by atoms with Gasteiger partial charge < -0.3 is 10.0 Å². The summed E-state index contributed by atoms with van der Waals surface area (Å²) in [6, 6.07) is 8.14. The van der Waals surface area contributed by atoms with Gasteiger partial charge in [-0.2, -0.15) is 0 Å². The van der Waals surface area contributed by atoms with Crippen molar-refractivity contribution in [3.8, 4) is 0 Å². The highest BCUT2D eigenvalue weighted by Gasteiger charge is 2.29. The average Bonchev–Trinajstić information content (AvgIpc) is 2.22. The molecule has 0 radical (unpaired) electrons. The molecule has 1 aromatic rings. The molecule has 1 fully saturated rings. The Kier molecular flexibility index (Phi) is 3.36. The summed E-state index contributed by atoms with van der Waals surface area (Å²) in [5.41, 5.74) is 1.27. The number of benzene rings is 1. The van der Waals surface area contributed by atoms with E-state index in [2.05, 4.69) is 18.7 Å². The lowest BCUT2D eigenvalue weighted by atomic mass is 9.89. The topological polar surface area (TPSA) is 40.5 Å². The van der Waals surface area contributed by atoms with Gasteiger partial charge in [0.05, 0.1) is 11.3 Å². The molecule has 0 atom stereocenters. The molecule has 2 rings (SSSR count). The minimum absolute atomic E-state index is 0.334. The molecule has 0 spiro atoms. The molecule has 1 aromatic carbocycles. The summed E-state index contributed by atoms with van der Waals surface area (Å²) in [7, 11) is 0. The van der Waals surface area contributed by atoms with E-state index in [4.69, 9.17) is 0 Å². The zero-order valence-corrected chi connectivity index (χ0v) is 10.4. The normalized spacial score (nSPS) is 15.7. The fraction of sp³-hybridized carbons (Fsp3) is 0.500. The van der Waals surface area contributed by atoms with E-state index in [1.54, 1.807) is 12.1 Å². The largest absolute Gasteiger partial charge is 0.478 e.